The molecule has 142 valence electrons. The monoisotopic (exact) mass is 395 g/mol. The highest BCUT2D eigenvalue weighted by atomic mass is 31.2. The number of rotatable bonds is 4. The van der Waals surface area contributed by atoms with Gasteiger partial charge >= 0.3 is 21.4 Å². The molecule has 2 aromatic heterocycles. The maximum absolute atomic E-state index is 10.8. The van der Waals surface area contributed by atoms with E-state index in [0.717, 1.165) is 0 Å². The predicted octanol–water partition coefficient (Wildman–Crippen LogP) is 0.0705. The standard InChI is InChI=1S/C14H17BN4O7P/c1-7(20)22-6-24-27(15)23-4-9-11(26-27)10(21)14(25-9)19-3-2-8-12(16)17-5-18-13(8)19/h2-3,5,9-11,14,21H,4,6H2,1H3,(H2,16,17,18)/q+1/t9?,10?,11-,14?,27?/m1/s1. The zero-order valence-corrected chi connectivity index (χ0v) is 15.2. The molecule has 0 spiro atoms. The Bertz CT molecular complexity index is 869. The third kappa shape index (κ3) is 3.40. The number of esters is 1. The molecule has 4 heterocycles. The van der Waals surface area contributed by atoms with Gasteiger partial charge in [0, 0.05) is 13.1 Å². The van der Waals surface area contributed by atoms with Gasteiger partial charge in [0.05, 0.1) is 5.39 Å². The van der Waals surface area contributed by atoms with E-state index >= 15 is 0 Å². The Morgan fingerprint density at radius 3 is 3.15 bits per heavy atom. The van der Waals surface area contributed by atoms with Crippen molar-refractivity contribution in [3.05, 3.63) is 18.6 Å². The highest BCUT2D eigenvalue weighted by Gasteiger charge is 2.58. The minimum atomic E-state index is -3.26. The van der Waals surface area contributed by atoms with Crippen LogP contribution in [0.15, 0.2) is 18.6 Å². The summed E-state index contributed by atoms with van der Waals surface area (Å²) in [4.78, 5) is 19.0. The second kappa shape index (κ2) is 6.97. The van der Waals surface area contributed by atoms with E-state index in [4.69, 9.17) is 36.3 Å². The van der Waals surface area contributed by atoms with Crippen LogP contribution >= 0.6 is 7.82 Å². The minimum absolute atomic E-state index is 0.0545. The maximum Gasteiger partial charge on any atom is 0.488 e. The first kappa shape index (κ1) is 18.5. The maximum atomic E-state index is 10.8. The van der Waals surface area contributed by atoms with Gasteiger partial charge < -0.3 is 24.9 Å². The molecule has 4 unspecified atom stereocenters. The van der Waals surface area contributed by atoms with Gasteiger partial charge in [0.25, 0.3) is 0 Å². The number of hydrogen-bond donors (Lipinski definition) is 2. The van der Waals surface area contributed by atoms with E-state index in [1.165, 1.54) is 13.3 Å². The summed E-state index contributed by atoms with van der Waals surface area (Å²) < 4.78 is 28.6. The fourth-order valence-electron chi connectivity index (χ4n) is 3.04. The lowest BCUT2D eigenvalue weighted by Gasteiger charge is -2.30. The summed E-state index contributed by atoms with van der Waals surface area (Å²) in [7, 11) is 2.72. The van der Waals surface area contributed by atoms with Crippen LogP contribution in [0.3, 0.4) is 0 Å². The second-order valence-electron chi connectivity index (χ2n) is 6.06. The highest BCUT2D eigenvalue weighted by Crippen LogP contribution is 2.62. The molecule has 11 nitrogen and oxygen atoms in total. The van der Waals surface area contributed by atoms with Crippen LogP contribution in [-0.4, -0.2) is 64.9 Å². The van der Waals surface area contributed by atoms with Crippen molar-refractivity contribution in [2.75, 3.05) is 19.1 Å². The minimum Gasteiger partial charge on any atom is -0.434 e. The molecule has 13 heteroatoms. The van der Waals surface area contributed by atoms with E-state index in [1.807, 2.05) is 0 Å². The van der Waals surface area contributed by atoms with Crippen molar-refractivity contribution >= 4 is 38.2 Å². The molecule has 0 bridgehead atoms. The van der Waals surface area contributed by atoms with E-state index in [0.29, 0.717) is 16.9 Å². The fraction of sp³-hybridized carbons (Fsp3) is 0.500. The van der Waals surface area contributed by atoms with Gasteiger partial charge in [0.2, 0.25) is 6.79 Å². The number of ether oxygens (including phenoxy) is 2. The van der Waals surface area contributed by atoms with Crippen molar-refractivity contribution < 1.29 is 32.9 Å². The molecule has 2 aliphatic heterocycles. The number of carbonyl (C=O) groups is 1. The number of fused-ring (bicyclic) bond motifs is 2. The van der Waals surface area contributed by atoms with Gasteiger partial charge in [-0.15, -0.1) is 0 Å². The summed E-state index contributed by atoms with van der Waals surface area (Å²) in [6.07, 6.45) is -0.154. The molecule has 0 aliphatic carbocycles. The van der Waals surface area contributed by atoms with Crippen molar-refractivity contribution in [2.45, 2.75) is 31.5 Å². The number of nitrogens with zero attached hydrogens (tertiary/aromatic N) is 3. The Morgan fingerprint density at radius 1 is 1.56 bits per heavy atom. The van der Waals surface area contributed by atoms with Crippen LogP contribution in [0, 0.1) is 0 Å². The first-order chi connectivity index (χ1) is 12.9. The van der Waals surface area contributed by atoms with Crippen LogP contribution in [0.1, 0.15) is 13.2 Å². The lowest BCUT2D eigenvalue weighted by molar-refractivity contribution is -0.149. The first-order valence-electron chi connectivity index (χ1n) is 8.07. The van der Waals surface area contributed by atoms with Gasteiger partial charge in [-0.05, 0) is 6.07 Å². The third-order valence-electron chi connectivity index (χ3n) is 4.31. The SMILES string of the molecule is [B][P+]1(OCOC(C)=O)OCC2OC(n3ccc4c(N)ncnc43)C(O)[C@@H]2O1. The average molecular weight is 395 g/mol. The molecule has 2 saturated heterocycles. The first-order valence-corrected chi connectivity index (χ1v) is 9.68. The largest absolute Gasteiger partial charge is 0.488 e. The Labute approximate surface area is 155 Å². The quantitative estimate of drug-likeness (QED) is 0.316. The summed E-state index contributed by atoms with van der Waals surface area (Å²) in [5, 5.41) is 11.4. The van der Waals surface area contributed by atoms with E-state index in [2.05, 4.69) is 9.97 Å². The number of aliphatic hydroxyl groups is 1. The number of aromatic nitrogens is 3. The summed E-state index contributed by atoms with van der Waals surface area (Å²) in [6, 6.07) is 1.74. The Hall–Kier alpha value is -1.82. The second-order valence-corrected chi connectivity index (χ2v) is 7.87. The predicted molar refractivity (Wildman–Crippen MR) is 93.1 cm³/mol. The van der Waals surface area contributed by atoms with Crippen molar-refractivity contribution in [1.29, 1.82) is 0 Å². The van der Waals surface area contributed by atoms with E-state index in [1.54, 1.807) is 16.8 Å². The molecule has 2 aromatic rings. The number of anilines is 1. The van der Waals surface area contributed by atoms with E-state index in [-0.39, 0.29) is 6.61 Å². The number of nitrogens with two attached hydrogens (primary N) is 1. The van der Waals surface area contributed by atoms with E-state index in [9.17, 15) is 9.90 Å². The third-order valence-corrected chi connectivity index (χ3v) is 5.82. The summed E-state index contributed by atoms with van der Waals surface area (Å²) in [5.41, 5.74) is 6.37. The number of aliphatic hydroxyl groups excluding tert-OH is 1. The normalized spacial score (nSPS) is 33.1. The van der Waals surface area contributed by atoms with Gasteiger partial charge in [-0.25, -0.2) is 9.97 Å². The lowest BCUT2D eigenvalue weighted by atomic mass is 10.1. The Balaban J connectivity index is 1.52. The molecular formula is C14H17BN4O7P+. The molecule has 2 radical (unpaired) electrons. The van der Waals surface area contributed by atoms with Crippen molar-refractivity contribution in [3.63, 3.8) is 0 Å². The van der Waals surface area contributed by atoms with Crippen molar-refractivity contribution in [2.24, 2.45) is 0 Å². The molecule has 2 fully saturated rings. The average Bonchev–Trinajstić information content (AvgIpc) is 3.17. The van der Waals surface area contributed by atoms with Gasteiger partial charge in [-0.2, -0.15) is 13.6 Å². The molecule has 0 amide bonds. The Morgan fingerprint density at radius 2 is 2.37 bits per heavy atom. The van der Waals surface area contributed by atoms with Crippen molar-refractivity contribution in [3.8, 4) is 0 Å². The summed E-state index contributed by atoms with van der Waals surface area (Å²) >= 11 is 0. The zero-order valence-electron chi connectivity index (χ0n) is 14.3. The van der Waals surface area contributed by atoms with Gasteiger partial charge in [0.1, 0.15) is 36.6 Å². The summed E-state index contributed by atoms with van der Waals surface area (Å²) in [5.74, 6) is -0.199. The molecule has 0 saturated carbocycles. The van der Waals surface area contributed by atoms with Gasteiger partial charge in [0.15, 0.2) is 12.3 Å². The smallest absolute Gasteiger partial charge is 0.434 e. The van der Waals surface area contributed by atoms with Crippen LogP contribution in [0.4, 0.5) is 5.82 Å². The van der Waals surface area contributed by atoms with Crippen LogP contribution < -0.4 is 5.73 Å². The highest BCUT2D eigenvalue weighted by molar-refractivity contribution is 7.85. The Kier molecular flexibility index (Phi) is 4.79. The van der Waals surface area contributed by atoms with Crippen LogP contribution in [0.2, 0.25) is 0 Å². The van der Waals surface area contributed by atoms with E-state index < -0.39 is 45.1 Å². The molecule has 3 N–H and O–H groups in total. The fourth-order valence-corrected chi connectivity index (χ4v) is 4.39. The van der Waals surface area contributed by atoms with Gasteiger partial charge in [-0.1, -0.05) is 0 Å². The lowest BCUT2D eigenvalue weighted by Crippen LogP contribution is -2.41. The van der Waals surface area contributed by atoms with Crippen LogP contribution in [0.25, 0.3) is 11.0 Å². The topological polar surface area (TPSA) is 140 Å². The molecule has 0 aromatic carbocycles. The van der Waals surface area contributed by atoms with Crippen LogP contribution in [-0.2, 0) is 27.8 Å². The van der Waals surface area contributed by atoms with Crippen molar-refractivity contribution in [1.82, 2.24) is 14.5 Å². The molecule has 5 atom stereocenters. The molecular weight excluding hydrogens is 378 g/mol. The summed E-state index contributed by atoms with van der Waals surface area (Å²) in [6.45, 7) is 0.884. The molecule has 4 rings (SSSR count). The van der Waals surface area contributed by atoms with Crippen LogP contribution in [0.5, 0.6) is 0 Å². The number of carbonyl (C=O) groups excluding carboxylic acids is 1. The zero-order chi connectivity index (χ0) is 19.2. The number of nitrogen functional groups attached to an aromatic ring is 1. The number of hydrogen-bond acceptors (Lipinski definition) is 10. The van der Waals surface area contributed by atoms with Gasteiger partial charge in [-0.3, -0.25) is 4.79 Å². The molecule has 2 aliphatic rings. The molecule has 27 heavy (non-hydrogen) atoms.